The molecule has 0 heterocycles. The lowest BCUT2D eigenvalue weighted by molar-refractivity contribution is 0.102. The first-order valence-corrected chi connectivity index (χ1v) is 7.48. The van der Waals surface area contributed by atoms with Crippen LogP contribution in [0, 0.1) is 13.8 Å². The summed E-state index contributed by atoms with van der Waals surface area (Å²) in [4.78, 5) is 12.5. The van der Waals surface area contributed by atoms with Gasteiger partial charge in [0, 0.05) is 10.0 Å². The lowest BCUT2D eigenvalue weighted by Crippen LogP contribution is -2.15. The Labute approximate surface area is 128 Å². The van der Waals surface area contributed by atoms with Crippen LogP contribution in [0.25, 0.3) is 0 Å². The fourth-order valence-corrected chi connectivity index (χ4v) is 3.08. The Kier molecular flexibility index (Phi) is 4.61. The minimum atomic E-state index is -0.0601. The molecular weight excluding hydrogens is 314 g/mol. The van der Waals surface area contributed by atoms with Gasteiger partial charge in [-0.15, -0.1) is 0 Å². The van der Waals surface area contributed by atoms with Gasteiger partial charge in [-0.3, -0.25) is 4.79 Å². The summed E-state index contributed by atoms with van der Waals surface area (Å²) in [5.74, 6) is -0.0601. The Hall–Kier alpha value is -1.61. The van der Waals surface area contributed by atoms with E-state index in [-0.39, 0.29) is 5.91 Å². The molecule has 0 saturated heterocycles. The van der Waals surface area contributed by atoms with E-state index in [1.807, 2.05) is 44.2 Å². The second-order valence-electron chi connectivity index (χ2n) is 4.90. The third-order valence-electron chi connectivity index (χ3n) is 3.31. The van der Waals surface area contributed by atoms with Crippen LogP contribution >= 0.6 is 15.9 Å². The van der Waals surface area contributed by atoms with Crippen LogP contribution in [0.4, 0.5) is 5.69 Å². The second kappa shape index (κ2) is 6.23. The minimum absolute atomic E-state index is 0.0601. The zero-order valence-electron chi connectivity index (χ0n) is 12.0. The van der Waals surface area contributed by atoms with Crippen molar-refractivity contribution in [2.24, 2.45) is 0 Å². The van der Waals surface area contributed by atoms with Gasteiger partial charge in [0.1, 0.15) is 0 Å². The molecule has 0 spiro atoms. The van der Waals surface area contributed by atoms with Crippen molar-refractivity contribution < 1.29 is 4.79 Å². The van der Waals surface area contributed by atoms with Gasteiger partial charge in [-0.1, -0.05) is 31.2 Å². The highest BCUT2D eigenvalue weighted by atomic mass is 79.9. The number of nitrogens with one attached hydrogen (secondary N) is 1. The Morgan fingerprint density at radius 2 is 1.90 bits per heavy atom. The number of halogens is 1. The zero-order valence-corrected chi connectivity index (χ0v) is 13.5. The van der Waals surface area contributed by atoms with Crippen LogP contribution < -0.4 is 5.32 Å². The second-order valence-corrected chi connectivity index (χ2v) is 5.76. The van der Waals surface area contributed by atoms with E-state index in [0.717, 1.165) is 33.3 Å². The van der Waals surface area contributed by atoms with Crippen molar-refractivity contribution in [2.45, 2.75) is 27.2 Å². The number of anilines is 1. The topological polar surface area (TPSA) is 29.1 Å². The highest BCUT2D eigenvalue weighted by Gasteiger charge is 2.13. The lowest BCUT2D eigenvalue weighted by Gasteiger charge is -2.13. The number of rotatable bonds is 3. The van der Waals surface area contributed by atoms with E-state index in [4.69, 9.17) is 0 Å². The van der Waals surface area contributed by atoms with Gasteiger partial charge >= 0.3 is 0 Å². The number of carbonyl (C=O) groups excluding carboxylic acids is 1. The van der Waals surface area contributed by atoms with Gasteiger partial charge in [0.2, 0.25) is 0 Å². The molecule has 1 amide bonds. The van der Waals surface area contributed by atoms with E-state index in [9.17, 15) is 4.79 Å². The summed E-state index contributed by atoms with van der Waals surface area (Å²) in [6, 6.07) is 11.8. The molecule has 0 atom stereocenters. The number of hydrogen-bond donors (Lipinski definition) is 1. The van der Waals surface area contributed by atoms with E-state index in [0.29, 0.717) is 0 Å². The molecule has 104 valence electrons. The summed E-state index contributed by atoms with van der Waals surface area (Å²) in [5.41, 5.74) is 4.86. The van der Waals surface area contributed by atoms with Gasteiger partial charge in [0.15, 0.2) is 0 Å². The molecule has 0 radical (unpaired) electrons. The molecule has 0 aliphatic carbocycles. The molecule has 0 saturated carbocycles. The van der Waals surface area contributed by atoms with Crippen molar-refractivity contribution in [3.8, 4) is 0 Å². The largest absolute Gasteiger partial charge is 0.321 e. The predicted octanol–water partition coefficient (Wildman–Crippen LogP) is 4.88. The van der Waals surface area contributed by atoms with E-state index >= 15 is 0 Å². The number of hydrogen-bond acceptors (Lipinski definition) is 1. The summed E-state index contributed by atoms with van der Waals surface area (Å²) in [6.07, 6.45) is 0.845. The molecule has 0 aliphatic rings. The average molecular weight is 332 g/mol. The van der Waals surface area contributed by atoms with Crippen LogP contribution in [0.3, 0.4) is 0 Å². The standard InChI is InChI=1S/C17H18BrNO/c1-4-13-7-5-6-8-14(13)17(20)19-16-12(3)9-11(2)10-15(16)18/h5-10H,4H2,1-3H3,(H,19,20). The van der Waals surface area contributed by atoms with Crippen molar-refractivity contribution in [3.05, 3.63) is 63.1 Å². The van der Waals surface area contributed by atoms with Crippen LogP contribution in [-0.2, 0) is 6.42 Å². The molecule has 0 bridgehead atoms. The molecule has 0 fully saturated rings. The zero-order chi connectivity index (χ0) is 14.7. The quantitative estimate of drug-likeness (QED) is 0.853. The maximum atomic E-state index is 12.5. The molecule has 2 rings (SSSR count). The summed E-state index contributed by atoms with van der Waals surface area (Å²) >= 11 is 3.52. The van der Waals surface area contributed by atoms with Crippen LogP contribution in [0.1, 0.15) is 34.0 Å². The Bertz CT molecular complexity index is 626. The predicted molar refractivity (Wildman–Crippen MR) is 87.4 cm³/mol. The Morgan fingerprint density at radius 3 is 2.55 bits per heavy atom. The maximum Gasteiger partial charge on any atom is 0.255 e. The summed E-state index contributed by atoms with van der Waals surface area (Å²) < 4.78 is 0.914. The molecule has 2 nitrogen and oxygen atoms in total. The number of carbonyl (C=O) groups is 1. The Morgan fingerprint density at radius 1 is 1.20 bits per heavy atom. The third kappa shape index (κ3) is 3.10. The third-order valence-corrected chi connectivity index (χ3v) is 3.94. The number of aryl methyl sites for hydroxylation is 3. The fraction of sp³-hybridized carbons (Fsp3) is 0.235. The van der Waals surface area contributed by atoms with E-state index in [1.165, 1.54) is 5.56 Å². The fourth-order valence-electron chi connectivity index (χ4n) is 2.31. The Balaban J connectivity index is 2.33. The highest BCUT2D eigenvalue weighted by molar-refractivity contribution is 9.10. The van der Waals surface area contributed by atoms with Gasteiger partial charge < -0.3 is 5.32 Å². The first kappa shape index (κ1) is 14.8. The maximum absolute atomic E-state index is 12.5. The molecule has 0 aliphatic heterocycles. The van der Waals surface area contributed by atoms with Crippen molar-refractivity contribution in [2.75, 3.05) is 5.32 Å². The van der Waals surface area contributed by atoms with Crippen molar-refractivity contribution in [1.82, 2.24) is 0 Å². The molecule has 2 aromatic carbocycles. The van der Waals surface area contributed by atoms with Gasteiger partial charge in [-0.2, -0.15) is 0 Å². The smallest absolute Gasteiger partial charge is 0.255 e. The SMILES string of the molecule is CCc1ccccc1C(=O)Nc1c(C)cc(C)cc1Br. The first-order valence-electron chi connectivity index (χ1n) is 6.69. The molecule has 0 unspecified atom stereocenters. The summed E-state index contributed by atoms with van der Waals surface area (Å²) in [7, 11) is 0. The van der Waals surface area contributed by atoms with Crippen molar-refractivity contribution in [3.63, 3.8) is 0 Å². The molecule has 2 aromatic rings. The van der Waals surface area contributed by atoms with Gasteiger partial charge in [-0.25, -0.2) is 0 Å². The molecule has 3 heteroatoms. The van der Waals surface area contributed by atoms with Gasteiger partial charge in [-0.05, 0) is 65.0 Å². The average Bonchev–Trinajstić information content (AvgIpc) is 2.42. The molecule has 1 N–H and O–H groups in total. The number of amides is 1. The van der Waals surface area contributed by atoms with E-state index in [2.05, 4.69) is 34.2 Å². The van der Waals surface area contributed by atoms with Crippen LogP contribution in [0.2, 0.25) is 0 Å². The summed E-state index contributed by atoms with van der Waals surface area (Å²) in [6.45, 7) is 6.09. The van der Waals surface area contributed by atoms with Gasteiger partial charge in [0.05, 0.1) is 5.69 Å². The normalized spacial score (nSPS) is 10.4. The van der Waals surface area contributed by atoms with Crippen molar-refractivity contribution >= 4 is 27.5 Å². The molecule has 0 aromatic heterocycles. The molecule has 20 heavy (non-hydrogen) atoms. The van der Waals surface area contributed by atoms with E-state index < -0.39 is 0 Å². The van der Waals surface area contributed by atoms with Crippen LogP contribution in [0.15, 0.2) is 40.9 Å². The van der Waals surface area contributed by atoms with E-state index in [1.54, 1.807) is 0 Å². The summed E-state index contributed by atoms with van der Waals surface area (Å²) in [5, 5.41) is 3.01. The van der Waals surface area contributed by atoms with Gasteiger partial charge in [0.25, 0.3) is 5.91 Å². The monoisotopic (exact) mass is 331 g/mol. The minimum Gasteiger partial charge on any atom is -0.321 e. The highest BCUT2D eigenvalue weighted by Crippen LogP contribution is 2.28. The van der Waals surface area contributed by atoms with Crippen LogP contribution in [-0.4, -0.2) is 5.91 Å². The first-order chi connectivity index (χ1) is 9.52. The van der Waals surface area contributed by atoms with Crippen LogP contribution in [0.5, 0.6) is 0 Å². The number of benzene rings is 2. The lowest BCUT2D eigenvalue weighted by atomic mass is 10.0. The van der Waals surface area contributed by atoms with Crippen molar-refractivity contribution in [1.29, 1.82) is 0 Å². The molecular formula is C17H18BrNO.